The number of thiazole rings is 1. The molecule has 0 unspecified atom stereocenters. The average molecular weight is 411 g/mol. The maximum absolute atomic E-state index is 13.3. The summed E-state index contributed by atoms with van der Waals surface area (Å²) in [6, 6.07) is 11.9. The minimum Gasteiger partial charge on any atom is -0.497 e. The number of aromatic nitrogens is 1. The number of carbonyl (C=O) groups is 1. The van der Waals surface area contributed by atoms with E-state index in [1.807, 2.05) is 29.2 Å². The van der Waals surface area contributed by atoms with Gasteiger partial charge in [-0.05, 0) is 61.6 Å². The molecule has 1 aromatic heterocycles. The van der Waals surface area contributed by atoms with Gasteiger partial charge in [0, 0.05) is 6.61 Å². The molecule has 0 spiro atoms. The first-order valence-electron chi connectivity index (χ1n) is 9.96. The maximum atomic E-state index is 13.3. The largest absolute Gasteiger partial charge is 0.497 e. The van der Waals surface area contributed by atoms with Gasteiger partial charge in [0.25, 0.3) is 0 Å². The first kappa shape index (κ1) is 19.9. The Bertz CT molecular complexity index is 1010. The van der Waals surface area contributed by atoms with Crippen molar-refractivity contribution in [1.29, 1.82) is 0 Å². The number of rotatable bonds is 6. The molecule has 1 amide bonds. The molecule has 2 aromatic carbocycles. The van der Waals surface area contributed by atoms with E-state index in [0.717, 1.165) is 51.7 Å². The molecule has 0 N–H and O–H groups in total. The van der Waals surface area contributed by atoms with Gasteiger partial charge in [0.05, 0.1) is 36.4 Å². The summed E-state index contributed by atoms with van der Waals surface area (Å²) in [4.78, 5) is 19.9. The van der Waals surface area contributed by atoms with Crippen LogP contribution < -0.4 is 9.64 Å². The topological polar surface area (TPSA) is 51.7 Å². The Morgan fingerprint density at radius 3 is 2.76 bits per heavy atom. The highest BCUT2D eigenvalue weighted by Gasteiger charge is 2.26. The summed E-state index contributed by atoms with van der Waals surface area (Å²) in [6.07, 6.45) is 2.42. The number of ether oxygens (including phenoxy) is 2. The first-order chi connectivity index (χ1) is 14.0. The van der Waals surface area contributed by atoms with Crippen molar-refractivity contribution in [2.24, 2.45) is 0 Å². The number of hydrogen-bond acceptors (Lipinski definition) is 5. The molecule has 3 aromatic rings. The van der Waals surface area contributed by atoms with E-state index in [-0.39, 0.29) is 12.0 Å². The highest BCUT2D eigenvalue weighted by molar-refractivity contribution is 7.22. The summed E-state index contributed by atoms with van der Waals surface area (Å²) in [6.45, 7) is 5.48. The van der Waals surface area contributed by atoms with E-state index in [0.29, 0.717) is 13.0 Å². The molecule has 1 aliphatic rings. The quantitative estimate of drug-likeness (QED) is 0.592. The lowest BCUT2D eigenvalue weighted by molar-refractivity contribution is -0.118. The lowest BCUT2D eigenvalue weighted by Crippen LogP contribution is -2.38. The summed E-state index contributed by atoms with van der Waals surface area (Å²) >= 11 is 1.58. The van der Waals surface area contributed by atoms with Crippen LogP contribution in [0.25, 0.3) is 10.2 Å². The number of fused-ring (bicyclic) bond motifs is 1. The Morgan fingerprint density at radius 2 is 2.07 bits per heavy atom. The zero-order chi connectivity index (χ0) is 20.4. The molecule has 4 rings (SSSR count). The number of hydrogen-bond donors (Lipinski definition) is 0. The van der Waals surface area contributed by atoms with Crippen LogP contribution in [-0.4, -0.2) is 37.3 Å². The van der Waals surface area contributed by atoms with Crippen LogP contribution >= 0.6 is 11.3 Å². The molecule has 1 fully saturated rings. The molecule has 0 saturated carbocycles. The molecule has 0 radical (unpaired) electrons. The van der Waals surface area contributed by atoms with E-state index in [1.165, 1.54) is 5.56 Å². The SMILES string of the molecule is COc1ccc(CC(=O)N(C[C@H]2CCCO2)c2nc3c(C)cc(C)cc3s2)cc1. The Balaban J connectivity index is 1.63. The van der Waals surface area contributed by atoms with Crippen molar-refractivity contribution in [3.63, 3.8) is 0 Å². The fraction of sp³-hybridized carbons (Fsp3) is 0.391. The Kier molecular flexibility index (Phi) is 5.83. The van der Waals surface area contributed by atoms with Crippen molar-refractivity contribution in [1.82, 2.24) is 4.98 Å². The molecule has 5 nitrogen and oxygen atoms in total. The second kappa shape index (κ2) is 8.51. The van der Waals surface area contributed by atoms with Crippen LogP contribution in [0.1, 0.15) is 29.5 Å². The highest BCUT2D eigenvalue weighted by atomic mass is 32.1. The second-order valence-electron chi connectivity index (χ2n) is 7.59. The van der Waals surface area contributed by atoms with Crippen molar-refractivity contribution >= 4 is 32.6 Å². The van der Waals surface area contributed by atoms with Gasteiger partial charge in [0.1, 0.15) is 5.75 Å². The molecular weight excluding hydrogens is 384 g/mol. The average Bonchev–Trinajstić information content (AvgIpc) is 3.36. The molecule has 29 heavy (non-hydrogen) atoms. The highest BCUT2D eigenvalue weighted by Crippen LogP contribution is 2.33. The van der Waals surface area contributed by atoms with Gasteiger partial charge in [-0.25, -0.2) is 4.98 Å². The van der Waals surface area contributed by atoms with E-state index in [1.54, 1.807) is 18.4 Å². The molecule has 0 bridgehead atoms. The van der Waals surface area contributed by atoms with Crippen molar-refractivity contribution in [2.75, 3.05) is 25.2 Å². The van der Waals surface area contributed by atoms with Crippen LogP contribution in [0.3, 0.4) is 0 Å². The smallest absolute Gasteiger partial charge is 0.233 e. The van der Waals surface area contributed by atoms with Crippen LogP contribution in [0.15, 0.2) is 36.4 Å². The lowest BCUT2D eigenvalue weighted by atomic mass is 10.1. The van der Waals surface area contributed by atoms with E-state index < -0.39 is 0 Å². The zero-order valence-corrected chi connectivity index (χ0v) is 17.9. The van der Waals surface area contributed by atoms with E-state index in [9.17, 15) is 4.79 Å². The summed E-state index contributed by atoms with van der Waals surface area (Å²) < 4.78 is 12.2. The first-order valence-corrected chi connectivity index (χ1v) is 10.8. The number of methoxy groups -OCH3 is 1. The Labute approximate surface area is 175 Å². The van der Waals surface area contributed by atoms with E-state index in [2.05, 4.69) is 26.0 Å². The van der Waals surface area contributed by atoms with Crippen molar-refractivity contribution < 1.29 is 14.3 Å². The fourth-order valence-corrected chi connectivity index (χ4v) is 4.93. The molecule has 1 aliphatic heterocycles. The minimum absolute atomic E-state index is 0.0408. The van der Waals surface area contributed by atoms with Gasteiger partial charge in [-0.2, -0.15) is 0 Å². The maximum Gasteiger partial charge on any atom is 0.233 e. The molecule has 152 valence electrons. The number of benzene rings is 2. The summed E-state index contributed by atoms with van der Waals surface area (Å²) in [5.74, 6) is 0.827. The third kappa shape index (κ3) is 4.43. The number of amides is 1. The van der Waals surface area contributed by atoms with Crippen LogP contribution in [0, 0.1) is 13.8 Å². The predicted molar refractivity (Wildman–Crippen MR) is 117 cm³/mol. The standard InChI is InChI=1S/C23H26N2O3S/c1-15-11-16(2)22-20(12-15)29-23(24-22)25(14-19-5-4-10-28-19)21(26)13-17-6-8-18(27-3)9-7-17/h6-9,11-12,19H,4-5,10,13-14H2,1-3H3/t19-/m1/s1. The van der Waals surface area contributed by atoms with Gasteiger partial charge in [0.15, 0.2) is 5.13 Å². The molecular formula is C23H26N2O3S. The van der Waals surface area contributed by atoms with Crippen LogP contribution in [0.4, 0.5) is 5.13 Å². The minimum atomic E-state index is 0.0408. The Morgan fingerprint density at radius 1 is 1.28 bits per heavy atom. The lowest BCUT2D eigenvalue weighted by Gasteiger charge is -2.23. The number of anilines is 1. The van der Waals surface area contributed by atoms with Crippen LogP contribution in [-0.2, 0) is 16.0 Å². The monoisotopic (exact) mass is 410 g/mol. The van der Waals surface area contributed by atoms with Gasteiger partial charge >= 0.3 is 0 Å². The van der Waals surface area contributed by atoms with Gasteiger partial charge < -0.3 is 9.47 Å². The van der Waals surface area contributed by atoms with Gasteiger partial charge in [-0.1, -0.05) is 29.5 Å². The molecule has 2 heterocycles. The number of carbonyl (C=O) groups excluding carboxylic acids is 1. The normalized spacial score (nSPS) is 16.3. The third-order valence-electron chi connectivity index (χ3n) is 5.28. The fourth-order valence-electron chi connectivity index (χ4n) is 3.77. The van der Waals surface area contributed by atoms with Crippen molar-refractivity contribution in [2.45, 2.75) is 39.2 Å². The molecule has 6 heteroatoms. The Hall–Kier alpha value is -2.44. The van der Waals surface area contributed by atoms with Crippen molar-refractivity contribution in [3.05, 3.63) is 53.1 Å². The summed E-state index contributed by atoms with van der Waals surface area (Å²) in [5.41, 5.74) is 4.29. The van der Waals surface area contributed by atoms with Crippen LogP contribution in [0.5, 0.6) is 5.75 Å². The molecule has 0 aliphatic carbocycles. The van der Waals surface area contributed by atoms with E-state index in [4.69, 9.17) is 14.5 Å². The third-order valence-corrected chi connectivity index (χ3v) is 6.30. The molecule has 1 saturated heterocycles. The summed E-state index contributed by atoms with van der Waals surface area (Å²) in [7, 11) is 1.64. The predicted octanol–water partition coefficient (Wildman–Crippen LogP) is 4.68. The van der Waals surface area contributed by atoms with Gasteiger partial charge in [0.2, 0.25) is 5.91 Å². The number of aryl methyl sites for hydroxylation is 2. The summed E-state index contributed by atoms with van der Waals surface area (Å²) in [5, 5.41) is 0.753. The second-order valence-corrected chi connectivity index (χ2v) is 8.60. The van der Waals surface area contributed by atoms with Crippen molar-refractivity contribution in [3.8, 4) is 5.75 Å². The zero-order valence-electron chi connectivity index (χ0n) is 17.1. The van der Waals surface area contributed by atoms with Crippen LogP contribution in [0.2, 0.25) is 0 Å². The van der Waals surface area contributed by atoms with Gasteiger partial charge in [-0.3, -0.25) is 9.69 Å². The number of nitrogens with zero attached hydrogens (tertiary/aromatic N) is 2. The molecule has 1 atom stereocenters. The van der Waals surface area contributed by atoms with Gasteiger partial charge in [-0.15, -0.1) is 0 Å². The van der Waals surface area contributed by atoms with E-state index >= 15 is 0 Å².